The summed E-state index contributed by atoms with van der Waals surface area (Å²) in [5.74, 6) is 0.375. The van der Waals surface area contributed by atoms with Gasteiger partial charge < -0.3 is 11.1 Å². The predicted octanol–water partition coefficient (Wildman–Crippen LogP) is 3.38. The van der Waals surface area contributed by atoms with Crippen molar-refractivity contribution in [3.05, 3.63) is 28.2 Å². The van der Waals surface area contributed by atoms with Crippen molar-refractivity contribution in [2.24, 2.45) is 28.9 Å². The minimum absolute atomic E-state index is 0.0572. The van der Waals surface area contributed by atoms with Gasteiger partial charge in [0.05, 0.1) is 10.0 Å². The molecular formula is C23H29Cl2N3O4S. The first kappa shape index (κ1) is 23.4. The monoisotopic (exact) mass is 513 g/mol. The summed E-state index contributed by atoms with van der Waals surface area (Å²) in [6.45, 7) is 0. The maximum Gasteiger partial charge on any atom is 0.243 e. The van der Waals surface area contributed by atoms with Crippen LogP contribution in [0.1, 0.15) is 57.8 Å². The lowest BCUT2D eigenvalue weighted by atomic mass is 9.47. The van der Waals surface area contributed by atoms with Crippen LogP contribution in [0.25, 0.3) is 0 Å². The van der Waals surface area contributed by atoms with Gasteiger partial charge in [0.15, 0.2) is 0 Å². The Morgan fingerprint density at radius 3 is 2.27 bits per heavy atom. The Labute approximate surface area is 204 Å². The summed E-state index contributed by atoms with van der Waals surface area (Å²) in [4.78, 5) is 25.7. The normalized spacial score (nSPS) is 34.4. The molecule has 0 aromatic heterocycles. The third-order valence-electron chi connectivity index (χ3n) is 8.52. The van der Waals surface area contributed by atoms with E-state index in [-0.39, 0.29) is 44.6 Å². The Morgan fingerprint density at radius 2 is 1.67 bits per heavy atom. The van der Waals surface area contributed by atoms with E-state index in [1.807, 2.05) is 0 Å². The van der Waals surface area contributed by atoms with Gasteiger partial charge in [-0.2, -0.15) is 4.72 Å². The second-order valence-electron chi connectivity index (χ2n) is 10.6. The molecule has 0 aliphatic heterocycles. The highest BCUT2D eigenvalue weighted by molar-refractivity contribution is 7.89. The fourth-order valence-electron chi connectivity index (χ4n) is 7.21. The van der Waals surface area contributed by atoms with Gasteiger partial charge in [0.1, 0.15) is 10.4 Å². The molecule has 1 aromatic carbocycles. The zero-order valence-electron chi connectivity index (χ0n) is 18.3. The molecule has 0 heterocycles. The SMILES string of the molecule is NC(=O)C12CC3CC(C1)C(NC(=O)C1(NS(=O)(=O)c4cccc(Cl)c4Cl)CCCC1)C(C3)C2. The number of nitrogens with two attached hydrogens (primary N) is 1. The Morgan fingerprint density at radius 1 is 1.03 bits per heavy atom. The van der Waals surface area contributed by atoms with Crippen molar-refractivity contribution >= 4 is 45.0 Å². The first-order valence-corrected chi connectivity index (χ1v) is 13.9. The molecule has 0 radical (unpaired) electrons. The molecule has 0 spiro atoms. The number of primary amides is 1. The van der Waals surface area contributed by atoms with Crippen LogP contribution in [0.4, 0.5) is 0 Å². The van der Waals surface area contributed by atoms with Gasteiger partial charge in [-0.3, -0.25) is 9.59 Å². The van der Waals surface area contributed by atoms with Crippen molar-refractivity contribution in [1.82, 2.24) is 10.0 Å². The van der Waals surface area contributed by atoms with Crippen LogP contribution in [0.2, 0.25) is 10.0 Å². The lowest BCUT2D eigenvalue weighted by Gasteiger charge is -2.59. The van der Waals surface area contributed by atoms with E-state index in [0.717, 1.165) is 32.1 Å². The quantitative estimate of drug-likeness (QED) is 0.539. The third-order valence-corrected chi connectivity index (χ3v) is 11.0. The first-order chi connectivity index (χ1) is 15.6. The van der Waals surface area contributed by atoms with Crippen LogP contribution in [0.3, 0.4) is 0 Å². The molecule has 4 N–H and O–H groups in total. The van der Waals surface area contributed by atoms with Gasteiger partial charge in [0, 0.05) is 11.5 Å². The van der Waals surface area contributed by atoms with Gasteiger partial charge in [-0.05, 0) is 74.8 Å². The molecule has 180 valence electrons. The molecule has 1 aromatic rings. The molecular weight excluding hydrogens is 485 g/mol. The van der Waals surface area contributed by atoms with Gasteiger partial charge in [-0.1, -0.05) is 42.1 Å². The predicted molar refractivity (Wildman–Crippen MR) is 125 cm³/mol. The lowest BCUT2D eigenvalue weighted by molar-refractivity contribution is -0.148. The summed E-state index contributed by atoms with van der Waals surface area (Å²) >= 11 is 12.2. The lowest BCUT2D eigenvalue weighted by Crippen LogP contribution is -2.65. The Hall–Kier alpha value is -1.35. The summed E-state index contributed by atoms with van der Waals surface area (Å²) in [7, 11) is -4.07. The maximum absolute atomic E-state index is 13.6. The van der Waals surface area contributed by atoms with Gasteiger partial charge in [-0.15, -0.1) is 0 Å². The van der Waals surface area contributed by atoms with E-state index in [4.69, 9.17) is 28.9 Å². The summed E-state index contributed by atoms with van der Waals surface area (Å²) in [6, 6.07) is 4.37. The number of rotatable bonds is 6. The molecule has 2 amide bonds. The second-order valence-corrected chi connectivity index (χ2v) is 13.0. The molecule has 33 heavy (non-hydrogen) atoms. The van der Waals surface area contributed by atoms with E-state index < -0.39 is 21.0 Å². The van der Waals surface area contributed by atoms with Crippen LogP contribution < -0.4 is 15.8 Å². The Balaban J connectivity index is 1.38. The highest BCUT2D eigenvalue weighted by Crippen LogP contribution is 2.60. The molecule has 4 bridgehead atoms. The molecule has 7 nitrogen and oxygen atoms in total. The number of benzene rings is 1. The van der Waals surface area contributed by atoms with Crippen LogP contribution in [0.5, 0.6) is 0 Å². The zero-order chi connectivity index (χ0) is 23.6. The highest BCUT2D eigenvalue weighted by Gasteiger charge is 2.59. The molecule has 6 rings (SSSR count). The zero-order valence-corrected chi connectivity index (χ0v) is 20.6. The molecule has 5 fully saturated rings. The van der Waals surface area contributed by atoms with Crippen LogP contribution in [0.15, 0.2) is 23.1 Å². The van der Waals surface area contributed by atoms with Crippen molar-refractivity contribution in [2.75, 3.05) is 0 Å². The standard InChI is InChI=1S/C23H29Cl2N3O4S/c24-16-4-3-5-17(18(16)25)33(31,32)28-23(6-1-2-7-23)21(30)27-19-14-8-13-9-15(19)12-22(10-13,11-14)20(26)29/h3-5,13-15,19,28H,1-2,6-12H2,(H2,26,29)(H,27,30). The molecule has 2 atom stereocenters. The molecule has 5 saturated carbocycles. The molecule has 2 unspecified atom stereocenters. The maximum atomic E-state index is 13.6. The fourth-order valence-corrected chi connectivity index (χ4v) is 9.40. The van der Waals surface area contributed by atoms with E-state index >= 15 is 0 Å². The summed E-state index contributed by atoms with van der Waals surface area (Å²) in [6.07, 6.45) is 6.58. The number of amides is 2. The van der Waals surface area contributed by atoms with Crippen molar-refractivity contribution in [2.45, 2.75) is 74.3 Å². The number of carbonyl (C=O) groups excluding carboxylic acids is 2. The van der Waals surface area contributed by atoms with E-state index in [0.29, 0.717) is 31.6 Å². The molecule has 10 heteroatoms. The van der Waals surface area contributed by atoms with Crippen LogP contribution in [-0.4, -0.2) is 31.8 Å². The van der Waals surface area contributed by atoms with Crippen LogP contribution in [0, 0.1) is 23.2 Å². The van der Waals surface area contributed by atoms with E-state index in [2.05, 4.69) is 10.0 Å². The second kappa shape index (κ2) is 8.11. The van der Waals surface area contributed by atoms with Gasteiger partial charge >= 0.3 is 0 Å². The van der Waals surface area contributed by atoms with Crippen molar-refractivity contribution in [1.29, 1.82) is 0 Å². The summed E-state index contributed by atoms with van der Waals surface area (Å²) < 4.78 is 29.2. The average molecular weight is 514 g/mol. The number of hydrogen-bond donors (Lipinski definition) is 3. The number of halogens is 2. The smallest absolute Gasteiger partial charge is 0.243 e. The van der Waals surface area contributed by atoms with Gasteiger partial charge in [0.2, 0.25) is 21.8 Å². The highest BCUT2D eigenvalue weighted by atomic mass is 35.5. The average Bonchev–Trinajstić information content (AvgIpc) is 3.21. The fraction of sp³-hybridized carbons (Fsp3) is 0.652. The van der Waals surface area contributed by atoms with Gasteiger partial charge in [-0.25, -0.2) is 8.42 Å². The summed E-state index contributed by atoms with van der Waals surface area (Å²) in [5, 5.41) is 3.31. The molecule has 5 aliphatic rings. The van der Waals surface area contributed by atoms with E-state index in [1.165, 1.54) is 18.2 Å². The van der Waals surface area contributed by atoms with Gasteiger partial charge in [0.25, 0.3) is 0 Å². The first-order valence-electron chi connectivity index (χ1n) is 11.6. The number of hydrogen-bond acceptors (Lipinski definition) is 4. The van der Waals surface area contributed by atoms with Crippen LogP contribution in [-0.2, 0) is 19.6 Å². The van der Waals surface area contributed by atoms with Crippen LogP contribution >= 0.6 is 23.2 Å². The minimum atomic E-state index is -4.07. The number of nitrogens with one attached hydrogen (secondary N) is 2. The topological polar surface area (TPSA) is 118 Å². The Bertz CT molecular complexity index is 1090. The van der Waals surface area contributed by atoms with Crippen molar-refractivity contribution in [3.8, 4) is 0 Å². The number of carbonyl (C=O) groups is 2. The third kappa shape index (κ3) is 3.87. The van der Waals surface area contributed by atoms with Crippen molar-refractivity contribution < 1.29 is 18.0 Å². The summed E-state index contributed by atoms with van der Waals surface area (Å²) in [5.41, 5.74) is 4.12. The Kier molecular flexibility index (Phi) is 5.75. The molecule has 0 saturated heterocycles. The van der Waals surface area contributed by atoms with Crippen molar-refractivity contribution in [3.63, 3.8) is 0 Å². The number of sulfonamides is 1. The van der Waals surface area contributed by atoms with E-state index in [1.54, 1.807) is 0 Å². The largest absolute Gasteiger partial charge is 0.369 e. The minimum Gasteiger partial charge on any atom is -0.369 e. The molecule has 5 aliphatic carbocycles. The van der Waals surface area contributed by atoms with E-state index in [9.17, 15) is 18.0 Å².